The van der Waals surface area contributed by atoms with Crippen molar-refractivity contribution in [2.45, 2.75) is 44.4 Å². The van der Waals surface area contributed by atoms with Gasteiger partial charge in [-0.05, 0) is 32.6 Å². The van der Waals surface area contributed by atoms with Crippen LogP contribution in [0.5, 0.6) is 0 Å². The maximum atomic E-state index is 12.4. The molecule has 18 heavy (non-hydrogen) atoms. The molecule has 0 aromatic heterocycles. The van der Waals surface area contributed by atoms with Crippen LogP contribution in [0.25, 0.3) is 0 Å². The molecule has 1 saturated carbocycles. The van der Waals surface area contributed by atoms with Crippen LogP contribution in [0.4, 0.5) is 13.2 Å². The zero-order chi connectivity index (χ0) is 14.1. The van der Waals surface area contributed by atoms with Crippen molar-refractivity contribution in [1.82, 2.24) is 4.90 Å². The molecule has 3 N–H and O–H groups in total. The molecular weight excluding hydrogens is 249 g/mol. The van der Waals surface area contributed by atoms with Crippen molar-refractivity contribution in [2.75, 3.05) is 13.1 Å². The van der Waals surface area contributed by atoms with Crippen LogP contribution in [-0.4, -0.2) is 46.8 Å². The van der Waals surface area contributed by atoms with E-state index in [2.05, 4.69) is 0 Å². The summed E-state index contributed by atoms with van der Waals surface area (Å²) in [6, 6.07) is -0.410. The van der Waals surface area contributed by atoms with E-state index in [4.69, 9.17) is 10.8 Å². The fraction of sp³-hybridized carbons (Fsp3) is 0.909. The maximum absolute atomic E-state index is 12.4. The van der Waals surface area contributed by atoms with Gasteiger partial charge in [-0.3, -0.25) is 9.69 Å². The number of carboxylic acids is 1. The van der Waals surface area contributed by atoms with E-state index in [1.165, 1.54) is 0 Å². The molecule has 0 heterocycles. The molecule has 4 nitrogen and oxygen atoms in total. The zero-order valence-corrected chi connectivity index (χ0v) is 10.5. The Labute approximate surface area is 104 Å². The summed E-state index contributed by atoms with van der Waals surface area (Å²) in [5.74, 6) is -1.44. The highest BCUT2D eigenvalue weighted by molar-refractivity contribution is 5.79. The summed E-state index contributed by atoms with van der Waals surface area (Å²) in [5.41, 5.74) is 4.22. The molecule has 0 aromatic rings. The van der Waals surface area contributed by atoms with Gasteiger partial charge in [0.05, 0.1) is 6.54 Å². The van der Waals surface area contributed by atoms with E-state index in [1.807, 2.05) is 0 Å². The van der Waals surface area contributed by atoms with Gasteiger partial charge in [-0.1, -0.05) is 0 Å². The van der Waals surface area contributed by atoms with E-state index < -0.39 is 30.3 Å². The van der Waals surface area contributed by atoms with Crippen molar-refractivity contribution in [3.8, 4) is 0 Å². The Morgan fingerprint density at radius 2 is 1.89 bits per heavy atom. The molecule has 0 spiro atoms. The molecule has 0 radical (unpaired) electrons. The van der Waals surface area contributed by atoms with Crippen LogP contribution in [-0.2, 0) is 4.79 Å². The molecule has 0 amide bonds. The monoisotopic (exact) mass is 268 g/mol. The number of nitrogens with zero attached hydrogens (tertiary/aromatic N) is 1. The van der Waals surface area contributed by atoms with Crippen LogP contribution in [0.1, 0.15) is 26.7 Å². The van der Waals surface area contributed by atoms with Crippen molar-refractivity contribution in [3.63, 3.8) is 0 Å². The minimum absolute atomic E-state index is 0.218. The normalized spacial score (nSPS) is 20.2. The first-order chi connectivity index (χ1) is 8.06. The maximum Gasteiger partial charge on any atom is 0.401 e. The fourth-order valence-electron chi connectivity index (χ4n) is 1.96. The molecule has 7 heteroatoms. The minimum Gasteiger partial charge on any atom is -0.480 e. The van der Waals surface area contributed by atoms with Crippen LogP contribution in [0, 0.1) is 5.92 Å². The Hall–Kier alpha value is -0.820. The quantitative estimate of drug-likeness (QED) is 0.765. The van der Waals surface area contributed by atoms with Gasteiger partial charge < -0.3 is 10.8 Å². The summed E-state index contributed by atoms with van der Waals surface area (Å²) < 4.78 is 37.3. The summed E-state index contributed by atoms with van der Waals surface area (Å²) in [7, 11) is 0. The second-order valence-electron chi connectivity index (χ2n) is 5.23. The first-order valence-corrected chi connectivity index (χ1v) is 5.89. The van der Waals surface area contributed by atoms with Crippen LogP contribution in [0.3, 0.4) is 0 Å². The van der Waals surface area contributed by atoms with E-state index >= 15 is 0 Å². The molecular formula is C11H19F3N2O2. The standard InChI is InChI=1S/C11H19F3N2O2/c1-7(2)16(6-11(12,13)14)5-10(15,9(17)18)8-3-4-8/h7-8H,3-6,15H2,1-2H3,(H,17,18). The average molecular weight is 268 g/mol. The highest BCUT2D eigenvalue weighted by Crippen LogP contribution is 2.39. The molecule has 0 bridgehead atoms. The number of rotatable bonds is 6. The molecule has 1 unspecified atom stereocenters. The molecule has 1 aliphatic rings. The van der Waals surface area contributed by atoms with E-state index in [0.717, 1.165) is 4.90 Å². The molecule has 1 aliphatic carbocycles. The average Bonchev–Trinajstić information content (AvgIpc) is 2.96. The first-order valence-electron chi connectivity index (χ1n) is 5.89. The topological polar surface area (TPSA) is 66.6 Å². The fourth-order valence-corrected chi connectivity index (χ4v) is 1.96. The third kappa shape index (κ3) is 3.84. The minimum atomic E-state index is -4.35. The van der Waals surface area contributed by atoms with Gasteiger partial charge >= 0.3 is 12.1 Å². The number of hydrogen-bond acceptors (Lipinski definition) is 3. The summed E-state index contributed by atoms with van der Waals surface area (Å²) in [6.45, 7) is 1.79. The highest BCUT2D eigenvalue weighted by atomic mass is 19.4. The molecule has 1 atom stereocenters. The smallest absolute Gasteiger partial charge is 0.401 e. The van der Waals surface area contributed by atoms with Gasteiger partial charge in [0.1, 0.15) is 5.54 Å². The molecule has 1 rings (SSSR count). The predicted octanol–water partition coefficient (Wildman–Crippen LogP) is 1.45. The lowest BCUT2D eigenvalue weighted by atomic mass is 9.93. The number of carbonyl (C=O) groups is 1. The second kappa shape index (κ2) is 5.05. The lowest BCUT2D eigenvalue weighted by molar-refractivity contribution is -0.158. The van der Waals surface area contributed by atoms with Gasteiger partial charge in [-0.15, -0.1) is 0 Å². The lowest BCUT2D eigenvalue weighted by Crippen LogP contribution is -2.60. The van der Waals surface area contributed by atoms with Crippen molar-refractivity contribution in [2.24, 2.45) is 11.7 Å². The highest BCUT2D eigenvalue weighted by Gasteiger charge is 2.50. The van der Waals surface area contributed by atoms with E-state index in [-0.39, 0.29) is 12.5 Å². The van der Waals surface area contributed by atoms with Gasteiger partial charge in [0.15, 0.2) is 0 Å². The molecule has 0 saturated heterocycles. The van der Waals surface area contributed by atoms with Gasteiger partial charge in [-0.2, -0.15) is 13.2 Å². The van der Waals surface area contributed by atoms with Crippen molar-refractivity contribution >= 4 is 5.97 Å². The molecule has 0 aliphatic heterocycles. The Balaban J connectivity index is 2.78. The van der Waals surface area contributed by atoms with Crippen LogP contribution in [0.15, 0.2) is 0 Å². The zero-order valence-electron chi connectivity index (χ0n) is 10.5. The van der Waals surface area contributed by atoms with Crippen LogP contribution >= 0.6 is 0 Å². The summed E-state index contributed by atoms with van der Waals surface area (Å²) in [4.78, 5) is 12.3. The Bertz CT molecular complexity index is 316. The second-order valence-corrected chi connectivity index (χ2v) is 5.23. The summed E-state index contributed by atoms with van der Waals surface area (Å²) >= 11 is 0. The number of carboxylic acid groups (broad SMARTS) is 1. The molecule has 106 valence electrons. The van der Waals surface area contributed by atoms with E-state index in [9.17, 15) is 18.0 Å². The lowest BCUT2D eigenvalue weighted by Gasteiger charge is -2.35. The van der Waals surface area contributed by atoms with Crippen LogP contribution < -0.4 is 5.73 Å². The van der Waals surface area contributed by atoms with Gasteiger partial charge in [-0.25, -0.2) is 0 Å². The van der Waals surface area contributed by atoms with Crippen molar-refractivity contribution < 1.29 is 23.1 Å². The van der Waals surface area contributed by atoms with Gasteiger partial charge in [0, 0.05) is 12.6 Å². The van der Waals surface area contributed by atoms with Gasteiger partial charge in [0.2, 0.25) is 0 Å². The van der Waals surface area contributed by atoms with E-state index in [1.54, 1.807) is 13.8 Å². The van der Waals surface area contributed by atoms with E-state index in [0.29, 0.717) is 12.8 Å². The molecule has 0 aromatic carbocycles. The Kier molecular flexibility index (Phi) is 4.27. The number of alkyl halides is 3. The largest absolute Gasteiger partial charge is 0.480 e. The van der Waals surface area contributed by atoms with Crippen molar-refractivity contribution in [1.29, 1.82) is 0 Å². The summed E-state index contributed by atoms with van der Waals surface area (Å²) in [6.07, 6.45) is -3.02. The number of halogens is 3. The number of nitrogens with two attached hydrogens (primary N) is 1. The SMILES string of the molecule is CC(C)N(CC(F)(F)F)CC(N)(C(=O)O)C1CC1. The Morgan fingerprint density at radius 1 is 1.39 bits per heavy atom. The third-order valence-corrected chi connectivity index (χ3v) is 3.28. The van der Waals surface area contributed by atoms with Gasteiger partial charge in [0.25, 0.3) is 0 Å². The van der Waals surface area contributed by atoms with Crippen molar-refractivity contribution in [3.05, 3.63) is 0 Å². The number of hydrogen-bond donors (Lipinski definition) is 2. The number of aliphatic carboxylic acids is 1. The third-order valence-electron chi connectivity index (χ3n) is 3.28. The summed E-state index contributed by atoms with van der Waals surface area (Å²) in [5, 5.41) is 9.14. The Morgan fingerprint density at radius 3 is 2.17 bits per heavy atom. The predicted molar refractivity (Wildman–Crippen MR) is 60.0 cm³/mol. The van der Waals surface area contributed by atoms with Crippen LogP contribution in [0.2, 0.25) is 0 Å². The first kappa shape index (κ1) is 15.2. The molecule has 1 fully saturated rings.